The van der Waals surface area contributed by atoms with Crippen LogP contribution in [-0.4, -0.2) is 39.7 Å². The molecule has 0 radical (unpaired) electrons. The van der Waals surface area contributed by atoms with Gasteiger partial charge in [0.15, 0.2) is 5.69 Å². The molecule has 1 amide bonds. The Morgan fingerprint density at radius 1 is 1.16 bits per heavy atom. The fourth-order valence-electron chi connectivity index (χ4n) is 4.16. The summed E-state index contributed by atoms with van der Waals surface area (Å²) in [7, 11) is 0. The van der Waals surface area contributed by atoms with Crippen LogP contribution in [0.3, 0.4) is 0 Å². The largest absolute Gasteiger partial charge is 0.337 e. The standard InChI is InChI=1S/C19H24N4O.ClH/c1-12-3-6-15(7-4-12)23-13(2)9-18(21-23)19(24)22-10-14-5-8-17(20)16(14)11-22;/h3-4,6-7,9,14,16-17H,5,8,10-11,20H2,1-2H3;1H. The Balaban J connectivity index is 0.00000182. The van der Waals surface area contributed by atoms with E-state index in [0.29, 0.717) is 17.5 Å². The lowest BCUT2D eigenvalue weighted by molar-refractivity contribution is 0.0773. The number of amides is 1. The van der Waals surface area contributed by atoms with Crippen molar-refractivity contribution in [2.45, 2.75) is 32.7 Å². The SMILES string of the molecule is Cc1ccc(-n2nc(C(=O)N3CC4CCC(N)C4C3)cc2C)cc1.Cl. The van der Waals surface area contributed by atoms with Gasteiger partial charge in [-0.1, -0.05) is 17.7 Å². The van der Waals surface area contributed by atoms with Crippen LogP contribution in [0.15, 0.2) is 30.3 Å². The first-order chi connectivity index (χ1) is 11.5. The zero-order valence-electron chi connectivity index (χ0n) is 14.7. The molecule has 4 rings (SSSR count). The van der Waals surface area contributed by atoms with Gasteiger partial charge in [-0.05, 0) is 56.7 Å². The second kappa shape index (κ2) is 6.81. The van der Waals surface area contributed by atoms with Gasteiger partial charge in [-0.15, -0.1) is 12.4 Å². The first-order valence-electron chi connectivity index (χ1n) is 8.71. The van der Waals surface area contributed by atoms with Gasteiger partial charge in [0.05, 0.1) is 5.69 Å². The van der Waals surface area contributed by atoms with Gasteiger partial charge in [0.25, 0.3) is 5.91 Å². The highest BCUT2D eigenvalue weighted by molar-refractivity contribution is 5.92. The third-order valence-electron chi connectivity index (χ3n) is 5.58. The molecule has 25 heavy (non-hydrogen) atoms. The van der Waals surface area contributed by atoms with Gasteiger partial charge in [-0.2, -0.15) is 5.10 Å². The quantitative estimate of drug-likeness (QED) is 0.895. The molecule has 1 saturated heterocycles. The lowest BCUT2D eigenvalue weighted by Gasteiger charge is -2.17. The summed E-state index contributed by atoms with van der Waals surface area (Å²) in [6.07, 6.45) is 2.24. The van der Waals surface area contributed by atoms with Crippen LogP contribution in [0.4, 0.5) is 0 Å². The molecule has 1 aromatic heterocycles. The molecule has 1 aromatic carbocycles. The highest BCUT2D eigenvalue weighted by atomic mass is 35.5. The van der Waals surface area contributed by atoms with Crippen molar-refractivity contribution in [2.24, 2.45) is 17.6 Å². The fraction of sp³-hybridized carbons (Fsp3) is 0.474. The molecule has 5 nitrogen and oxygen atoms in total. The Morgan fingerprint density at radius 3 is 2.56 bits per heavy atom. The third-order valence-corrected chi connectivity index (χ3v) is 5.58. The number of halogens is 1. The van der Waals surface area contributed by atoms with Gasteiger partial charge in [0.2, 0.25) is 0 Å². The smallest absolute Gasteiger partial charge is 0.274 e. The van der Waals surface area contributed by atoms with Gasteiger partial charge >= 0.3 is 0 Å². The summed E-state index contributed by atoms with van der Waals surface area (Å²) in [5.74, 6) is 1.07. The van der Waals surface area contributed by atoms with Gasteiger partial charge in [0.1, 0.15) is 0 Å². The van der Waals surface area contributed by atoms with E-state index < -0.39 is 0 Å². The van der Waals surface area contributed by atoms with Crippen molar-refractivity contribution in [3.8, 4) is 5.69 Å². The van der Waals surface area contributed by atoms with Crippen molar-refractivity contribution in [2.75, 3.05) is 13.1 Å². The lowest BCUT2D eigenvalue weighted by atomic mass is 9.98. The van der Waals surface area contributed by atoms with Gasteiger partial charge in [-0.3, -0.25) is 4.79 Å². The lowest BCUT2D eigenvalue weighted by Crippen LogP contribution is -2.33. The number of carbonyl (C=O) groups excluding carboxylic acids is 1. The van der Waals surface area contributed by atoms with Crippen LogP contribution in [0.5, 0.6) is 0 Å². The summed E-state index contributed by atoms with van der Waals surface area (Å²) in [6.45, 7) is 5.65. The molecule has 2 aliphatic rings. The number of hydrogen-bond acceptors (Lipinski definition) is 3. The maximum atomic E-state index is 12.8. The number of nitrogens with zero attached hydrogens (tertiary/aromatic N) is 3. The van der Waals surface area contributed by atoms with Crippen LogP contribution >= 0.6 is 12.4 Å². The predicted octanol–water partition coefficient (Wildman–Crippen LogP) is 2.72. The molecule has 0 spiro atoms. The molecule has 2 aromatic rings. The third kappa shape index (κ3) is 3.18. The van der Waals surface area contributed by atoms with E-state index in [1.54, 1.807) is 0 Å². The minimum Gasteiger partial charge on any atom is -0.337 e. The second-order valence-electron chi connectivity index (χ2n) is 7.29. The number of likely N-dealkylation sites (tertiary alicyclic amines) is 1. The number of carbonyl (C=O) groups is 1. The Bertz CT molecular complexity index is 770. The van der Waals surface area contributed by atoms with Crippen LogP contribution in [-0.2, 0) is 0 Å². The second-order valence-corrected chi connectivity index (χ2v) is 7.29. The summed E-state index contributed by atoms with van der Waals surface area (Å²) in [6, 6.07) is 10.3. The van der Waals surface area contributed by atoms with E-state index >= 15 is 0 Å². The summed E-state index contributed by atoms with van der Waals surface area (Å²) >= 11 is 0. The minimum atomic E-state index is 0. The molecule has 1 aliphatic heterocycles. The minimum absolute atomic E-state index is 0. The number of aromatic nitrogens is 2. The molecule has 3 atom stereocenters. The highest BCUT2D eigenvalue weighted by Gasteiger charge is 2.42. The summed E-state index contributed by atoms with van der Waals surface area (Å²) < 4.78 is 1.84. The Labute approximate surface area is 154 Å². The topological polar surface area (TPSA) is 64.2 Å². The zero-order valence-corrected chi connectivity index (χ0v) is 15.5. The van der Waals surface area contributed by atoms with Gasteiger partial charge < -0.3 is 10.6 Å². The van der Waals surface area contributed by atoms with Crippen LogP contribution in [0.2, 0.25) is 0 Å². The van der Waals surface area contributed by atoms with E-state index in [0.717, 1.165) is 37.3 Å². The molecular weight excluding hydrogens is 336 g/mol. The average molecular weight is 361 g/mol. The number of hydrogen-bond donors (Lipinski definition) is 1. The van der Waals surface area contributed by atoms with E-state index in [2.05, 4.69) is 24.2 Å². The maximum Gasteiger partial charge on any atom is 0.274 e. The van der Waals surface area contributed by atoms with Crippen LogP contribution in [0, 0.1) is 25.7 Å². The zero-order chi connectivity index (χ0) is 16.8. The van der Waals surface area contributed by atoms with Crippen molar-refractivity contribution in [3.63, 3.8) is 0 Å². The number of benzene rings is 1. The number of rotatable bonds is 2. The molecule has 2 N–H and O–H groups in total. The molecule has 6 heteroatoms. The molecule has 134 valence electrons. The van der Waals surface area contributed by atoms with Crippen molar-refractivity contribution >= 4 is 18.3 Å². The van der Waals surface area contributed by atoms with Gasteiger partial charge in [-0.25, -0.2) is 4.68 Å². The monoisotopic (exact) mass is 360 g/mol. The van der Waals surface area contributed by atoms with E-state index in [9.17, 15) is 4.79 Å². The van der Waals surface area contributed by atoms with Crippen LogP contribution in [0.25, 0.3) is 5.69 Å². The molecule has 3 unspecified atom stereocenters. The molecule has 1 aliphatic carbocycles. The van der Waals surface area contributed by atoms with Crippen LogP contribution < -0.4 is 5.73 Å². The molecule has 2 heterocycles. The van der Waals surface area contributed by atoms with Crippen molar-refractivity contribution in [1.29, 1.82) is 0 Å². The van der Waals surface area contributed by atoms with Crippen LogP contribution in [0.1, 0.15) is 34.6 Å². The van der Waals surface area contributed by atoms with Crippen molar-refractivity contribution < 1.29 is 4.79 Å². The number of nitrogens with two attached hydrogens (primary N) is 1. The average Bonchev–Trinajstić information content (AvgIpc) is 3.24. The first-order valence-corrected chi connectivity index (χ1v) is 8.71. The summed E-state index contributed by atoms with van der Waals surface area (Å²) in [4.78, 5) is 14.8. The molecule has 2 fully saturated rings. The van der Waals surface area contributed by atoms with E-state index in [1.807, 2.05) is 34.7 Å². The van der Waals surface area contributed by atoms with Crippen molar-refractivity contribution in [1.82, 2.24) is 14.7 Å². The molecule has 1 saturated carbocycles. The van der Waals surface area contributed by atoms with E-state index in [4.69, 9.17) is 5.73 Å². The first kappa shape index (κ1) is 18.0. The Hall–Kier alpha value is -1.85. The van der Waals surface area contributed by atoms with E-state index in [-0.39, 0.29) is 24.4 Å². The number of fused-ring (bicyclic) bond motifs is 1. The van der Waals surface area contributed by atoms with Crippen molar-refractivity contribution in [3.05, 3.63) is 47.3 Å². The summed E-state index contributed by atoms with van der Waals surface area (Å²) in [5.41, 5.74) is 9.87. The maximum absolute atomic E-state index is 12.8. The predicted molar refractivity (Wildman–Crippen MR) is 100 cm³/mol. The summed E-state index contributed by atoms with van der Waals surface area (Å²) in [5, 5.41) is 4.56. The van der Waals surface area contributed by atoms with Gasteiger partial charge in [0, 0.05) is 24.8 Å². The highest BCUT2D eigenvalue weighted by Crippen LogP contribution is 2.37. The normalized spacial score (nSPS) is 24.9. The fourth-order valence-corrected chi connectivity index (χ4v) is 4.16. The van der Waals surface area contributed by atoms with E-state index in [1.165, 1.54) is 5.56 Å². The number of aryl methyl sites for hydroxylation is 2. The molecule has 0 bridgehead atoms. The Morgan fingerprint density at radius 2 is 1.88 bits per heavy atom. The molecular formula is C19H25ClN4O. The Kier molecular flexibility index (Phi) is 4.89.